The Morgan fingerprint density at radius 3 is 2.32 bits per heavy atom. The Bertz CT molecular complexity index is 2340. The fraction of sp³-hybridized carbons (Fsp3) is 0.289. The number of hydrogen-bond acceptors (Lipinski definition) is 3. The third-order valence-corrected chi connectivity index (χ3v) is 11.0. The molecule has 2 aliphatic carbocycles. The van der Waals surface area contributed by atoms with Gasteiger partial charge in [-0.05, 0) is 92.5 Å². The predicted octanol–water partition coefficient (Wildman–Crippen LogP) is 12.0. The van der Waals surface area contributed by atoms with Crippen molar-refractivity contribution in [1.82, 2.24) is 14.5 Å². The Morgan fingerprint density at radius 2 is 1.54 bits per heavy atom. The summed E-state index contributed by atoms with van der Waals surface area (Å²) in [5, 5.41) is 2.28. The van der Waals surface area contributed by atoms with Crippen LogP contribution in [0, 0.1) is 12.1 Å². The maximum Gasteiger partial charge on any atom is 0.120 e. The van der Waals surface area contributed by atoms with Crippen molar-refractivity contribution in [2.24, 2.45) is 0 Å². The van der Waals surface area contributed by atoms with E-state index in [0.717, 1.165) is 50.1 Å². The molecule has 0 unspecified atom stereocenters. The van der Waals surface area contributed by atoms with Crippen LogP contribution in [0.3, 0.4) is 0 Å². The van der Waals surface area contributed by atoms with E-state index < -0.39 is 0 Å². The number of fused-ring (bicyclic) bond motifs is 3. The van der Waals surface area contributed by atoms with Crippen LogP contribution in [-0.4, -0.2) is 14.5 Å². The summed E-state index contributed by atoms with van der Waals surface area (Å²) in [6.45, 7) is 4.51. The summed E-state index contributed by atoms with van der Waals surface area (Å²) < 4.78 is 8.52. The topological polar surface area (TPSA) is 43.9 Å². The van der Waals surface area contributed by atoms with E-state index in [2.05, 4.69) is 96.2 Å². The van der Waals surface area contributed by atoms with Gasteiger partial charge >= 0.3 is 0 Å². The van der Waals surface area contributed by atoms with E-state index in [-0.39, 0.29) is 25.6 Å². The molecule has 4 heterocycles. The van der Waals surface area contributed by atoms with Crippen molar-refractivity contribution in [2.75, 3.05) is 0 Å². The van der Waals surface area contributed by atoms with E-state index in [9.17, 15) is 0 Å². The molecule has 5 heteroatoms. The van der Waals surface area contributed by atoms with Gasteiger partial charge in [-0.2, -0.15) is 0 Å². The second-order valence-electron chi connectivity index (χ2n) is 14.6. The van der Waals surface area contributed by atoms with Gasteiger partial charge in [-0.3, -0.25) is 4.98 Å². The zero-order chi connectivity index (χ0) is 33.0. The third-order valence-electron chi connectivity index (χ3n) is 11.0. The third kappa shape index (κ3) is 5.85. The van der Waals surface area contributed by atoms with Crippen LogP contribution in [0.25, 0.3) is 61.7 Å². The second-order valence-corrected chi connectivity index (χ2v) is 14.6. The minimum Gasteiger partial charge on any atom is -0.501 e. The Labute approximate surface area is 308 Å². The first kappa shape index (κ1) is 32.9. The number of allylic oxidation sites excluding steroid dienone is 1. The van der Waals surface area contributed by atoms with Crippen LogP contribution in [0.4, 0.5) is 0 Å². The van der Waals surface area contributed by atoms with Crippen LogP contribution in [0.15, 0.2) is 102 Å². The summed E-state index contributed by atoms with van der Waals surface area (Å²) in [7, 11) is 0. The SMILES string of the molecule is CC1(C)C=Cc2cc(C3CCCC3)cc3nc(-c4[c-]cccc4)n1c23.[Ir].[c-]1ccc2c(oc3ccccc32)c1-c1cc(C2CCCC2)ccn1. The van der Waals surface area contributed by atoms with Crippen LogP contribution >= 0.6 is 0 Å². The molecule has 3 aliphatic rings. The molecular formula is C45H41IrN3O-2. The van der Waals surface area contributed by atoms with Gasteiger partial charge < -0.3 is 14.0 Å². The van der Waals surface area contributed by atoms with Gasteiger partial charge in [0.05, 0.1) is 28.0 Å². The number of hydrogen-bond donors (Lipinski definition) is 0. The van der Waals surface area contributed by atoms with E-state index in [1.54, 1.807) is 0 Å². The molecule has 1 aliphatic heterocycles. The molecule has 2 saturated carbocycles. The summed E-state index contributed by atoms with van der Waals surface area (Å²) in [6, 6.07) is 36.2. The number of aromatic nitrogens is 3. The average molecular weight is 832 g/mol. The first-order chi connectivity index (χ1) is 24.0. The number of para-hydroxylation sites is 1. The van der Waals surface area contributed by atoms with Gasteiger partial charge in [0.25, 0.3) is 0 Å². The van der Waals surface area contributed by atoms with Crippen LogP contribution < -0.4 is 0 Å². The molecule has 50 heavy (non-hydrogen) atoms. The molecule has 0 saturated heterocycles. The molecule has 0 atom stereocenters. The summed E-state index contributed by atoms with van der Waals surface area (Å²) in [4.78, 5) is 9.68. The predicted molar refractivity (Wildman–Crippen MR) is 201 cm³/mol. The zero-order valence-corrected chi connectivity index (χ0v) is 31.1. The largest absolute Gasteiger partial charge is 0.501 e. The molecule has 4 aromatic carbocycles. The fourth-order valence-corrected chi connectivity index (χ4v) is 8.50. The summed E-state index contributed by atoms with van der Waals surface area (Å²) in [5.74, 6) is 2.41. The van der Waals surface area contributed by atoms with E-state index in [0.29, 0.717) is 11.8 Å². The van der Waals surface area contributed by atoms with E-state index in [4.69, 9.17) is 9.40 Å². The molecule has 0 amide bonds. The van der Waals surface area contributed by atoms with Crippen LogP contribution in [0.5, 0.6) is 0 Å². The Balaban J connectivity index is 0.000000142. The van der Waals surface area contributed by atoms with Gasteiger partial charge in [-0.25, -0.2) is 0 Å². The summed E-state index contributed by atoms with van der Waals surface area (Å²) in [5.41, 5.74) is 11.3. The Kier molecular flexibility index (Phi) is 8.83. The van der Waals surface area contributed by atoms with Crippen molar-refractivity contribution in [1.29, 1.82) is 0 Å². The van der Waals surface area contributed by atoms with Crippen LogP contribution in [0.2, 0.25) is 0 Å². The molecule has 0 spiro atoms. The average Bonchev–Trinajstić information content (AvgIpc) is 3.97. The first-order valence-electron chi connectivity index (χ1n) is 18.0. The van der Waals surface area contributed by atoms with Gasteiger partial charge in [0, 0.05) is 31.7 Å². The van der Waals surface area contributed by atoms with Crippen LogP contribution in [0.1, 0.15) is 93.7 Å². The molecule has 253 valence electrons. The van der Waals surface area contributed by atoms with Crippen molar-refractivity contribution < 1.29 is 24.5 Å². The summed E-state index contributed by atoms with van der Waals surface area (Å²) in [6.07, 6.45) is 17.2. The van der Waals surface area contributed by atoms with E-state index in [1.165, 1.54) is 73.6 Å². The molecule has 0 N–H and O–H groups in total. The molecule has 0 bridgehead atoms. The van der Waals surface area contributed by atoms with E-state index >= 15 is 0 Å². The number of imidazole rings is 1. The number of rotatable bonds is 4. The number of furan rings is 1. The van der Waals surface area contributed by atoms with Crippen molar-refractivity contribution in [3.05, 3.63) is 126 Å². The smallest absolute Gasteiger partial charge is 0.120 e. The molecule has 2 fully saturated rings. The van der Waals surface area contributed by atoms with Gasteiger partial charge in [0.15, 0.2) is 0 Å². The minimum absolute atomic E-state index is 0. The molecule has 7 aromatic rings. The second kappa shape index (κ2) is 13.4. The van der Waals surface area contributed by atoms with Crippen molar-refractivity contribution >= 4 is 39.0 Å². The molecule has 1 radical (unpaired) electrons. The van der Waals surface area contributed by atoms with Crippen molar-refractivity contribution in [3.63, 3.8) is 0 Å². The Hall–Kier alpha value is -4.31. The van der Waals surface area contributed by atoms with E-state index in [1.807, 2.05) is 42.6 Å². The molecule has 4 nitrogen and oxygen atoms in total. The number of nitrogens with zero attached hydrogens (tertiary/aromatic N) is 3. The first-order valence-corrected chi connectivity index (χ1v) is 18.0. The minimum atomic E-state index is -0.0877. The van der Waals surface area contributed by atoms with Crippen molar-refractivity contribution in [2.45, 2.75) is 82.6 Å². The number of pyridine rings is 1. The van der Waals surface area contributed by atoms with Gasteiger partial charge in [0.1, 0.15) is 5.58 Å². The Morgan fingerprint density at radius 1 is 0.780 bits per heavy atom. The normalized spacial score (nSPS) is 16.9. The maximum absolute atomic E-state index is 6.13. The van der Waals surface area contributed by atoms with Crippen LogP contribution in [-0.2, 0) is 25.6 Å². The number of benzene rings is 4. The standard InChI is InChI=1S/C23H23N2.C22H18NO.Ir/c1-23(2)13-12-18-14-19(16-8-6-7-9-16)15-20-21(18)25(23)22(24-20)17-10-4-3-5-11-17;1-2-7-15(6-1)16-12-13-23-20(14-16)19-10-5-9-18-17-8-3-4-11-21(17)24-22(18)19;/h3-5,10,12-16H,6-9H2,1-2H3;3-5,8-9,11-15H,1-2,6-7H2;/q2*-1;. The zero-order valence-electron chi connectivity index (χ0n) is 28.7. The van der Waals surface area contributed by atoms with Gasteiger partial charge in [-0.1, -0.05) is 78.6 Å². The van der Waals surface area contributed by atoms with Gasteiger partial charge in [-0.15, -0.1) is 54.1 Å². The molecule has 3 aromatic heterocycles. The monoisotopic (exact) mass is 832 g/mol. The van der Waals surface area contributed by atoms with Crippen molar-refractivity contribution in [3.8, 4) is 22.6 Å². The summed E-state index contributed by atoms with van der Waals surface area (Å²) >= 11 is 0. The van der Waals surface area contributed by atoms with Gasteiger partial charge in [0.2, 0.25) is 0 Å². The fourth-order valence-electron chi connectivity index (χ4n) is 8.50. The molecular weight excluding hydrogens is 791 g/mol. The molecule has 10 rings (SSSR count). The quantitative estimate of drug-likeness (QED) is 0.166. The maximum atomic E-state index is 6.13.